The molecule has 0 bridgehead atoms. The Labute approximate surface area is 391 Å². The summed E-state index contributed by atoms with van der Waals surface area (Å²) in [6, 6.07) is 0. The van der Waals surface area contributed by atoms with Crippen LogP contribution in [0.2, 0.25) is 0 Å². The maximum atomic E-state index is 12.6. The van der Waals surface area contributed by atoms with Crippen molar-refractivity contribution in [2.45, 2.75) is 96.7 Å². The van der Waals surface area contributed by atoms with Gasteiger partial charge in [-0.15, -0.1) is 0 Å². The van der Waals surface area contributed by atoms with E-state index < -0.39 is 22.5 Å². The Balaban J connectivity index is 2.16. The molecular formula is C44H83N9O13. The SMILES string of the molecule is CC(=N)C(C)(C)NCCC(CCNC(=O)COCC(=O)N[C@]1(C=O)C[C@@H]1CCCNC(=O)COCC(=O)NCCOCCOCCOCCOCCOCCN)CCNC(C)(C)/C(C)=N\O. The molecule has 22 nitrogen and oxygen atoms in total. The van der Waals surface area contributed by atoms with Gasteiger partial charge in [0.2, 0.25) is 23.6 Å². The van der Waals surface area contributed by atoms with Crippen LogP contribution in [0.5, 0.6) is 0 Å². The van der Waals surface area contributed by atoms with Crippen molar-refractivity contribution in [3.8, 4) is 0 Å². The molecule has 1 aliphatic carbocycles. The first kappa shape index (κ1) is 60.3. The highest BCUT2D eigenvalue weighted by Gasteiger charge is 2.54. The normalized spacial score (nSPS) is 16.7. The smallest absolute Gasteiger partial charge is 0.246 e. The summed E-state index contributed by atoms with van der Waals surface area (Å²) in [6.07, 6.45) is 4.67. The molecule has 0 saturated heterocycles. The van der Waals surface area contributed by atoms with Gasteiger partial charge in [-0.25, -0.2) is 0 Å². The molecule has 1 saturated carbocycles. The van der Waals surface area contributed by atoms with Gasteiger partial charge in [0.05, 0.1) is 88.4 Å². The molecule has 10 N–H and O–H groups in total. The first-order valence-corrected chi connectivity index (χ1v) is 23.1. The van der Waals surface area contributed by atoms with Gasteiger partial charge in [0.1, 0.15) is 32.7 Å². The van der Waals surface area contributed by atoms with Gasteiger partial charge in [0.25, 0.3) is 0 Å². The Hall–Kier alpha value is -3.71. The molecule has 0 heterocycles. The predicted molar refractivity (Wildman–Crippen MR) is 248 cm³/mol. The van der Waals surface area contributed by atoms with E-state index in [1.165, 1.54) is 0 Å². The van der Waals surface area contributed by atoms with E-state index in [9.17, 15) is 29.2 Å². The number of carbonyl (C=O) groups excluding carboxylic acids is 5. The third-order valence-electron chi connectivity index (χ3n) is 11.1. The second kappa shape index (κ2) is 35.4. The minimum Gasteiger partial charge on any atom is -0.411 e. The van der Waals surface area contributed by atoms with E-state index in [4.69, 9.17) is 44.3 Å². The number of nitrogens with two attached hydrogens (primary N) is 1. The minimum absolute atomic E-state index is 0.0961. The lowest BCUT2D eigenvalue weighted by Gasteiger charge is -2.28. The van der Waals surface area contributed by atoms with Gasteiger partial charge in [0, 0.05) is 31.9 Å². The Morgan fingerprint density at radius 3 is 1.59 bits per heavy atom. The zero-order valence-corrected chi connectivity index (χ0v) is 40.5. The van der Waals surface area contributed by atoms with Crippen molar-refractivity contribution in [2.24, 2.45) is 22.7 Å². The predicted octanol–water partition coefficient (Wildman–Crippen LogP) is -0.323. The highest BCUT2D eigenvalue weighted by molar-refractivity contribution is 5.90. The molecule has 0 aromatic carbocycles. The van der Waals surface area contributed by atoms with Crippen molar-refractivity contribution < 1.29 is 62.3 Å². The molecule has 66 heavy (non-hydrogen) atoms. The third-order valence-corrected chi connectivity index (χ3v) is 11.1. The zero-order chi connectivity index (χ0) is 49.1. The van der Waals surface area contributed by atoms with E-state index in [2.05, 4.69) is 37.1 Å². The molecule has 22 heteroatoms. The van der Waals surface area contributed by atoms with E-state index in [1.54, 1.807) is 13.8 Å². The number of rotatable bonds is 44. The van der Waals surface area contributed by atoms with Gasteiger partial charge in [-0.05, 0) is 105 Å². The lowest BCUT2D eigenvalue weighted by atomic mass is 9.94. The average molecular weight is 946 g/mol. The highest BCUT2D eigenvalue weighted by atomic mass is 16.6. The summed E-state index contributed by atoms with van der Waals surface area (Å²) in [7, 11) is 0. The summed E-state index contributed by atoms with van der Waals surface area (Å²) >= 11 is 0. The summed E-state index contributed by atoms with van der Waals surface area (Å²) in [4.78, 5) is 61.2. The average Bonchev–Trinajstić information content (AvgIpc) is 3.97. The Morgan fingerprint density at radius 1 is 0.667 bits per heavy atom. The molecule has 382 valence electrons. The van der Waals surface area contributed by atoms with E-state index in [-0.39, 0.29) is 62.5 Å². The molecule has 0 aliphatic heterocycles. The van der Waals surface area contributed by atoms with E-state index in [0.717, 1.165) is 19.1 Å². The third kappa shape index (κ3) is 29.1. The summed E-state index contributed by atoms with van der Waals surface area (Å²) in [5.41, 5.74) is 4.55. The monoisotopic (exact) mass is 946 g/mol. The maximum absolute atomic E-state index is 12.6. The van der Waals surface area contributed by atoms with Crippen LogP contribution in [0, 0.1) is 17.2 Å². The molecular weight excluding hydrogens is 863 g/mol. The van der Waals surface area contributed by atoms with E-state index >= 15 is 0 Å². The quantitative estimate of drug-likeness (QED) is 0.0124. The topological polar surface area (TPSA) is 305 Å². The molecule has 3 atom stereocenters. The number of hydrogen-bond donors (Lipinski definition) is 9. The van der Waals surface area contributed by atoms with Crippen molar-refractivity contribution in [1.29, 1.82) is 5.41 Å². The van der Waals surface area contributed by atoms with Crippen molar-refractivity contribution in [2.75, 3.05) is 132 Å². The number of amides is 4. The van der Waals surface area contributed by atoms with Gasteiger partial charge >= 0.3 is 0 Å². The lowest BCUT2D eigenvalue weighted by molar-refractivity contribution is -0.133. The van der Waals surface area contributed by atoms with Gasteiger partial charge in [-0.2, -0.15) is 0 Å². The Kier molecular flexibility index (Phi) is 32.4. The zero-order valence-electron chi connectivity index (χ0n) is 40.5. The number of ether oxygens (including phenoxy) is 7. The largest absolute Gasteiger partial charge is 0.411 e. The van der Waals surface area contributed by atoms with Crippen LogP contribution < -0.4 is 37.6 Å². The van der Waals surface area contributed by atoms with Crippen LogP contribution in [0.25, 0.3) is 0 Å². The van der Waals surface area contributed by atoms with Gasteiger partial charge in [0.15, 0.2) is 0 Å². The van der Waals surface area contributed by atoms with Crippen LogP contribution in [-0.4, -0.2) is 195 Å². The van der Waals surface area contributed by atoms with Crippen LogP contribution in [-0.2, 0) is 57.1 Å². The lowest BCUT2D eigenvalue weighted by Crippen LogP contribution is -2.47. The molecule has 0 aromatic heterocycles. The second-order valence-corrected chi connectivity index (χ2v) is 17.3. The second-order valence-electron chi connectivity index (χ2n) is 17.3. The van der Waals surface area contributed by atoms with Crippen molar-refractivity contribution in [3.63, 3.8) is 0 Å². The van der Waals surface area contributed by atoms with Crippen LogP contribution in [0.1, 0.15) is 80.1 Å². The molecule has 1 unspecified atom stereocenters. The van der Waals surface area contributed by atoms with Gasteiger partial charge in [-0.1, -0.05) is 5.16 Å². The van der Waals surface area contributed by atoms with Crippen molar-refractivity contribution >= 4 is 41.3 Å². The fourth-order valence-corrected chi connectivity index (χ4v) is 6.27. The molecule has 0 radical (unpaired) electrons. The molecule has 0 spiro atoms. The van der Waals surface area contributed by atoms with Crippen molar-refractivity contribution in [3.05, 3.63) is 0 Å². The number of nitrogens with zero attached hydrogens (tertiary/aromatic N) is 1. The first-order valence-electron chi connectivity index (χ1n) is 23.1. The minimum atomic E-state index is -1.00. The number of aldehydes is 1. The van der Waals surface area contributed by atoms with Crippen LogP contribution in [0.15, 0.2) is 5.16 Å². The summed E-state index contributed by atoms with van der Waals surface area (Å²) in [5, 5.41) is 38.3. The Bertz CT molecular complexity index is 1440. The molecule has 0 aromatic rings. The first-order chi connectivity index (χ1) is 31.5. The molecule has 1 rings (SSSR count). The van der Waals surface area contributed by atoms with Crippen molar-refractivity contribution in [1.82, 2.24) is 31.9 Å². The van der Waals surface area contributed by atoms with E-state index in [1.807, 2.05) is 27.7 Å². The summed E-state index contributed by atoms with van der Waals surface area (Å²) < 4.78 is 37.4. The standard InChI is InChI=1S/C44H83N9O13/c1-34(46)42(3,4)50-15-10-36(11-16-51-43(5,6)35(2)53-59)9-14-48-39(56)30-66-32-41(58)52-44(33-54)28-37(44)8-7-13-47-38(55)29-65-31-40(57)49-17-19-61-21-23-63-25-27-64-26-24-62-22-20-60-18-12-45/h33,36-37,46,50-51,59H,7-32,45H2,1-6H3,(H,47,55)(H,48,56)(H,49,57)(H,52,58)/b46-34?,53-35-/t36?,37-,44-/m0/s1. The molecule has 1 fully saturated rings. The van der Waals surface area contributed by atoms with Crippen LogP contribution in [0.4, 0.5) is 0 Å². The fraction of sp³-hybridized carbons (Fsp3) is 0.841. The Morgan fingerprint density at radius 2 is 1.11 bits per heavy atom. The molecule has 4 amide bonds. The number of carbonyl (C=O) groups is 5. The maximum Gasteiger partial charge on any atom is 0.246 e. The summed E-state index contributed by atoms with van der Waals surface area (Å²) in [6.45, 7) is 17.3. The molecule has 1 aliphatic rings. The van der Waals surface area contributed by atoms with Crippen LogP contribution >= 0.6 is 0 Å². The van der Waals surface area contributed by atoms with Gasteiger partial charge in [-0.3, -0.25) is 19.2 Å². The van der Waals surface area contributed by atoms with Gasteiger partial charge < -0.3 is 86.2 Å². The summed E-state index contributed by atoms with van der Waals surface area (Å²) in [5.74, 6) is -1.49. The number of hydrogen-bond acceptors (Lipinski definition) is 18. The number of oxime groups is 1. The van der Waals surface area contributed by atoms with Crippen LogP contribution in [0.3, 0.4) is 0 Å². The highest BCUT2D eigenvalue weighted by Crippen LogP contribution is 2.44. The number of nitrogens with one attached hydrogen (secondary N) is 7. The fourth-order valence-electron chi connectivity index (χ4n) is 6.27. The van der Waals surface area contributed by atoms with E-state index in [0.29, 0.717) is 136 Å².